The van der Waals surface area contributed by atoms with Crippen LogP contribution >= 0.6 is 0 Å². The number of benzene rings is 1. The number of hydrogen-bond donors (Lipinski definition) is 2. The minimum atomic E-state index is -0.834. The zero-order chi connectivity index (χ0) is 15.7. The van der Waals surface area contributed by atoms with Gasteiger partial charge in [-0.05, 0) is 29.9 Å². The van der Waals surface area contributed by atoms with E-state index in [0.29, 0.717) is 13.0 Å². The lowest BCUT2D eigenvalue weighted by atomic mass is 10.0. The van der Waals surface area contributed by atoms with E-state index in [-0.39, 0.29) is 18.2 Å². The summed E-state index contributed by atoms with van der Waals surface area (Å²) in [5, 5.41) is 11.4. The fraction of sp³-hybridized carbons (Fsp3) is 0.529. The molecule has 21 heavy (non-hydrogen) atoms. The maximum absolute atomic E-state index is 11.8. The zero-order valence-corrected chi connectivity index (χ0v) is 12.9. The zero-order valence-electron chi connectivity index (χ0n) is 12.9. The SMILES string of the molecule is CCCCc1ccc(CC(=O)NCC(C)CC(=O)O)cc1. The summed E-state index contributed by atoms with van der Waals surface area (Å²) in [5.74, 6) is -0.948. The lowest BCUT2D eigenvalue weighted by Crippen LogP contribution is -2.30. The fourth-order valence-corrected chi connectivity index (χ4v) is 2.11. The molecule has 2 N–H and O–H groups in total. The van der Waals surface area contributed by atoms with Crippen molar-refractivity contribution in [1.82, 2.24) is 5.32 Å². The van der Waals surface area contributed by atoms with Crippen molar-refractivity contribution < 1.29 is 14.7 Å². The van der Waals surface area contributed by atoms with E-state index in [4.69, 9.17) is 5.11 Å². The van der Waals surface area contributed by atoms with Crippen molar-refractivity contribution in [2.24, 2.45) is 5.92 Å². The normalized spacial score (nSPS) is 11.9. The van der Waals surface area contributed by atoms with E-state index in [9.17, 15) is 9.59 Å². The molecule has 0 aliphatic carbocycles. The Morgan fingerprint density at radius 2 is 1.81 bits per heavy atom. The Labute approximate surface area is 126 Å². The third-order valence-electron chi connectivity index (χ3n) is 3.38. The van der Waals surface area contributed by atoms with E-state index in [1.165, 1.54) is 18.4 Å². The van der Waals surface area contributed by atoms with Crippen LogP contribution in [-0.2, 0) is 22.4 Å². The Bertz CT molecular complexity index is 454. The average molecular weight is 291 g/mol. The molecule has 4 heteroatoms. The molecule has 1 rings (SSSR count). The monoisotopic (exact) mass is 291 g/mol. The Kier molecular flexibility index (Phi) is 7.51. The van der Waals surface area contributed by atoms with Crippen molar-refractivity contribution >= 4 is 11.9 Å². The molecule has 0 aliphatic heterocycles. The minimum absolute atomic E-state index is 0.0529. The van der Waals surface area contributed by atoms with Crippen LogP contribution in [0.25, 0.3) is 0 Å². The van der Waals surface area contributed by atoms with Crippen LogP contribution in [0.15, 0.2) is 24.3 Å². The number of aryl methyl sites for hydroxylation is 1. The van der Waals surface area contributed by atoms with Gasteiger partial charge in [-0.3, -0.25) is 9.59 Å². The second-order valence-corrected chi connectivity index (χ2v) is 5.60. The van der Waals surface area contributed by atoms with Gasteiger partial charge in [-0.2, -0.15) is 0 Å². The highest BCUT2D eigenvalue weighted by Gasteiger charge is 2.09. The van der Waals surface area contributed by atoms with Crippen molar-refractivity contribution in [1.29, 1.82) is 0 Å². The molecule has 0 radical (unpaired) electrons. The summed E-state index contributed by atoms with van der Waals surface area (Å²) in [6, 6.07) is 8.13. The maximum atomic E-state index is 11.8. The van der Waals surface area contributed by atoms with Gasteiger partial charge in [0, 0.05) is 13.0 Å². The summed E-state index contributed by atoms with van der Waals surface area (Å²) in [4.78, 5) is 22.3. The van der Waals surface area contributed by atoms with Gasteiger partial charge in [0.05, 0.1) is 6.42 Å². The van der Waals surface area contributed by atoms with Gasteiger partial charge < -0.3 is 10.4 Å². The molecule has 1 unspecified atom stereocenters. The second-order valence-electron chi connectivity index (χ2n) is 5.60. The number of aliphatic carboxylic acids is 1. The van der Waals surface area contributed by atoms with E-state index < -0.39 is 5.97 Å². The first kappa shape index (κ1) is 17.2. The summed E-state index contributed by atoms with van der Waals surface area (Å²) in [6.07, 6.45) is 3.86. The van der Waals surface area contributed by atoms with Gasteiger partial charge in [0.25, 0.3) is 0 Å². The predicted molar refractivity (Wildman–Crippen MR) is 83.2 cm³/mol. The first-order valence-corrected chi connectivity index (χ1v) is 7.57. The average Bonchev–Trinajstić information content (AvgIpc) is 2.44. The van der Waals surface area contributed by atoms with Crippen molar-refractivity contribution in [2.45, 2.75) is 46.0 Å². The highest BCUT2D eigenvalue weighted by atomic mass is 16.4. The Hall–Kier alpha value is -1.84. The maximum Gasteiger partial charge on any atom is 0.303 e. The molecule has 116 valence electrons. The van der Waals surface area contributed by atoms with Gasteiger partial charge in [-0.1, -0.05) is 44.5 Å². The van der Waals surface area contributed by atoms with Crippen LogP contribution in [-0.4, -0.2) is 23.5 Å². The third kappa shape index (κ3) is 7.49. The van der Waals surface area contributed by atoms with Crippen molar-refractivity contribution in [3.8, 4) is 0 Å². The molecule has 1 aromatic carbocycles. The predicted octanol–water partition coefficient (Wildman–Crippen LogP) is 2.80. The van der Waals surface area contributed by atoms with Gasteiger partial charge in [0.15, 0.2) is 0 Å². The molecule has 0 fully saturated rings. The largest absolute Gasteiger partial charge is 0.481 e. The van der Waals surface area contributed by atoms with Gasteiger partial charge in [-0.15, -0.1) is 0 Å². The molecule has 0 aromatic heterocycles. The lowest BCUT2D eigenvalue weighted by molar-refractivity contribution is -0.138. The second kappa shape index (κ2) is 9.16. The Morgan fingerprint density at radius 1 is 1.19 bits per heavy atom. The number of carboxylic acid groups (broad SMARTS) is 1. The van der Waals surface area contributed by atoms with E-state index in [2.05, 4.69) is 24.4 Å². The standard InChI is InChI=1S/C17H25NO3/c1-3-4-5-14-6-8-15(9-7-14)11-16(19)18-12-13(2)10-17(20)21/h6-9,13H,3-5,10-12H2,1-2H3,(H,18,19)(H,20,21). The Balaban J connectivity index is 2.35. The van der Waals surface area contributed by atoms with E-state index in [1.807, 2.05) is 19.1 Å². The molecule has 1 atom stereocenters. The fourth-order valence-electron chi connectivity index (χ4n) is 2.11. The number of unbranched alkanes of at least 4 members (excludes halogenated alkanes) is 1. The number of carbonyl (C=O) groups is 2. The first-order valence-electron chi connectivity index (χ1n) is 7.57. The van der Waals surface area contributed by atoms with Crippen molar-refractivity contribution in [2.75, 3.05) is 6.54 Å². The molecular weight excluding hydrogens is 266 g/mol. The van der Waals surface area contributed by atoms with E-state index in [1.54, 1.807) is 0 Å². The molecule has 0 bridgehead atoms. The van der Waals surface area contributed by atoms with Gasteiger partial charge in [0.2, 0.25) is 5.91 Å². The quantitative estimate of drug-likeness (QED) is 0.735. The van der Waals surface area contributed by atoms with Gasteiger partial charge >= 0.3 is 5.97 Å². The van der Waals surface area contributed by atoms with Gasteiger partial charge in [-0.25, -0.2) is 0 Å². The minimum Gasteiger partial charge on any atom is -0.481 e. The summed E-state index contributed by atoms with van der Waals surface area (Å²) < 4.78 is 0. The van der Waals surface area contributed by atoms with Crippen LogP contribution in [0, 0.1) is 5.92 Å². The van der Waals surface area contributed by atoms with Crippen LogP contribution < -0.4 is 5.32 Å². The number of amides is 1. The highest BCUT2D eigenvalue weighted by molar-refractivity contribution is 5.78. The number of rotatable bonds is 9. The number of carboxylic acids is 1. The molecule has 1 amide bonds. The summed E-state index contributed by atoms with van der Waals surface area (Å²) in [7, 11) is 0. The number of carbonyl (C=O) groups excluding carboxylic acids is 1. The molecule has 0 saturated carbocycles. The van der Waals surface area contributed by atoms with Crippen molar-refractivity contribution in [3.63, 3.8) is 0 Å². The van der Waals surface area contributed by atoms with Crippen LogP contribution in [0.3, 0.4) is 0 Å². The molecule has 4 nitrogen and oxygen atoms in total. The van der Waals surface area contributed by atoms with E-state index in [0.717, 1.165) is 12.0 Å². The molecule has 0 heterocycles. The molecular formula is C17H25NO3. The molecule has 0 aliphatic rings. The Morgan fingerprint density at radius 3 is 2.38 bits per heavy atom. The lowest BCUT2D eigenvalue weighted by Gasteiger charge is -2.10. The number of nitrogens with one attached hydrogen (secondary N) is 1. The number of hydrogen-bond acceptors (Lipinski definition) is 2. The van der Waals surface area contributed by atoms with Crippen LogP contribution in [0.5, 0.6) is 0 Å². The third-order valence-corrected chi connectivity index (χ3v) is 3.38. The highest BCUT2D eigenvalue weighted by Crippen LogP contribution is 2.08. The van der Waals surface area contributed by atoms with E-state index >= 15 is 0 Å². The summed E-state index contributed by atoms with van der Waals surface area (Å²) in [5.41, 5.74) is 2.29. The van der Waals surface area contributed by atoms with Crippen LogP contribution in [0.1, 0.15) is 44.2 Å². The van der Waals surface area contributed by atoms with Crippen LogP contribution in [0.4, 0.5) is 0 Å². The summed E-state index contributed by atoms with van der Waals surface area (Å²) in [6.45, 7) is 4.39. The summed E-state index contributed by atoms with van der Waals surface area (Å²) >= 11 is 0. The topological polar surface area (TPSA) is 66.4 Å². The first-order chi connectivity index (χ1) is 10.0. The van der Waals surface area contributed by atoms with Crippen LogP contribution in [0.2, 0.25) is 0 Å². The smallest absolute Gasteiger partial charge is 0.303 e. The van der Waals surface area contributed by atoms with Gasteiger partial charge in [0.1, 0.15) is 0 Å². The molecule has 0 saturated heterocycles. The molecule has 1 aromatic rings. The molecule has 0 spiro atoms. The van der Waals surface area contributed by atoms with Crippen molar-refractivity contribution in [3.05, 3.63) is 35.4 Å².